The van der Waals surface area contributed by atoms with Crippen molar-refractivity contribution in [1.82, 2.24) is 15.1 Å². The van der Waals surface area contributed by atoms with Gasteiger partial charge in [-0.25, -0.2) is 13.2 Å². The molecule has 2 aromatic carbocycles. The van der Waals surface area contributed by atoms with Crippen LogP contribution in [0.15, 0.2) is 42.5 Å². The maximum absolute atomic E-state index is 13.2. The fourth-order valence-corrected chi connectivity index (χ4v) is 5.99. The number of sulfone groups is 1. The minimum atomic E-state index is -3.15. The molecule has 0 radical (unpaired) electrons. The smallest absolute Gasteiger partial charge is 0.325 e. The van der Waals surface area contributed by atoms with Gasteiger partial charge in [0, 0.05) is 13.1 Å². The van der Waals surface area contributed by atoms with E-state index in [4.69, 9.17) is 0 Å². The van der Waals surface area contributed by atoms with E-state index in [1.165, 1.54) is 11.9 Å². The van der Waals surface area contributed by atoms with Gasteiger partial charge in [0.25, 0.3) is 5.91 Å². The summed E-state index contributed by atoms with van der Waals surface area (Å²) in [5.41, 5.74) is -0.642. The second kappa shape index (κ2) is 7.09. The standard InChI is InChI=1S/C21H23N3O5S/c1-21(17-9-5-7-14-6-3-4-8-16(14)17)19(26)24(20(27)22-21)12-18(25)23(2)15-10-11-30(28,29)13-15/h3-9,15H,10-13H2,1-2H3,(H,22,27)/t15-,21-/m1/s1. The Morgan fingerprint density at radius 1 is 1.20 bits per heavy atom. The normalized spacial score (nSPS) is 25.5. The van der Waals surface area contributed by atoms with Crippen LogP contribution in [0.3, 0.4) is 0 Å². The first-order valence-corrected chi connectivity index (χ1v) is 11.5. The molecule has 0 bridgehead atoms. The first-order valence-electron chi connectivity index (χ1n) is 9.71. The second-order valence-electron chi connectivity index (χ2n) is 8.03. The van der Waals surface area contributed by atoms with Crippen LogP contribution in [0, 0.1) is 0 Å². The molecule has 2 fully saturated rings. The quantitative estimate of drug-likeness (QED) is 0.737. The second-order valence-corrected chi connectivity index (χ2v) is 10.3. The fraction of sp³-hybridized carbons (Fsp3) is 0.381. The Labute approximate surface area is 174 Å². The van der Waals surface area contributed by atoms with E-state index in [0.717, 1.165) is 15.7 Å². The molecule has 4 amide bonds. The number of hydrogen-bond acceptors (Lipinski definition) is 5. The lowest BCUT2D eigenvalue weighted by Crippen LogP contribution is -2.46. The van der Waals surface area contributed by atoms with Crippen LogP contribution in [0.2, 0.25) is 0 Å². The molecule has 30 heavy (non-hydrogen) atoms. The number of carbonyl (C=O) groups is 3. The van der Waals surface area contributed by atoms with Gasteiger partial charge in [-0.1, -0.05) is 42.5 Å². The molecule has 2 aliphatic heterocycles. The molecule has 0 aromatic heterocycles. The Morgan fingerprint density at radius 2 is 1.90 bits per heavy atom. The molecule has 0 saturated carbocycles. The van der Waals surface area contributed by atoms with Crippen LogP contribution in [-0.4, -0.2) is 67.2 Å². The van der Waals surface area contributed by atoms with Crippen LogP contribution in [0.4, 0.5) is 4.79 Å². The number of rotatable bonds is 4. The Morgan fingerprint density at radius 3 is 2.60 bits per heavy atom. The third-order valence-corrected chi connectivity index (χ3v) is 7.80. The summed E-state index contributed by atoms with van der Waals surface area (Å²) >= 11 is 0. The highest BCUT2D eigenvalue weighted by atomic mass is 32.2. The summed E-state index contributed by atoms with van der Waals surface area (Å²) in [5, 5.41) is 4.52. The van der Waals surface area contributed by atoms with Crippen LogP contribution < -0.4 is 5.32 Å². The zero-order chi connectivity index (χ0) is 21.7. The van der Waals surface area contributed by atoms with E-state index in [1.54, 1.807) is 13.0 Å². The average molecular weight is 429 g/mol. The molecule has 2 aromatic rings. The number of amides is 4. The summed E-state index contributed by atoms with van der Waals surface area (Å²) in [6.45, 7) is 1.20. The SMILES string of the molecule is CN(C(=O)CN1C(=O)N[C@](C)(c2cccc3ccccc23)C1=O)[C@@H]1CCS(=O)(=O)C1. The van der Waals surface area contributed by atoms with Gasteiger partial charge < -0.3 is 10.2 Å². The Hall–Kier alpha value is -2.94. The number of fused-ring (bicyclic) bond motifs is 1. The minimum Gasteiger partial charge on any atom is -0.340 e. The van der Waals surface area contributed by atoms with Crippen molar-refractivity contribution >= 4 is 38.5 Å². The maximum Gasteiger partial charge on any atom is 0.325 e. The molecule has 4 rings (SSSR count). The highest BCUT2D eigenvalue weighted by molar-refractivity contribution is 7.91. The fourth-order valence-electron chi connectivity index (χ4n) is 4.22. The largest absolute Gasteiger partial charge is 0.340 e. The van der Waals surface area contributed by atoms with Crippen molar-refractivity contribution in [3.63, 3.8) is 0 Å². The van der Waals surface area contributed by atoms with E-state index in [1.807, 2.05) is 36.4 Å². The molecule has 8 nitrogen and oxygen atoms in total. The van der Waals surface area contributed by atoms with Crippen LogP contribution in [-0.2, 0) is 25.0 Å². The summed E-state index contributed by atoms with van der Waals surface area (Å²) in [6, 6.07) is 12.0. The molecule has 1 N–H and O–H groups in total. The molecule has 0 unspecified atom stereocenters. The highest BCUT2D eigenvalue weighted by Gasteiger charge is 2.50. The lowest BCUT2D eigenvalue weighted by atomic mass is 9.88. The molecular formula is C21H23N3O5S. The van der Waals surface area contributed by atoms with Crippen LogP contribution >= 0.6 is 0 Å². The van der Waals surface area contributed by atoms with Gasteiger partial charge in [-0.3, -0.25) is 14.5 Å². The molecule has 2 aliphatic rings. The third kappa shape index (κ3) is 3.32. The number of likely N-dealkylation sites (N-methyl/N-ethyl adjacent to an activating group) is 1. The van der Waals surface area contributed by atoms with Crippen LogP contribution in [0.1, 0.15) is 18.9 Å². The molecule has 0 aliphatic carbocycles. The number of imide groups is 1. The number of nitrogens with one attached hydrogen (secondary N) is 1. The van der Waals surface area contributed by atoms with E-state index in [0.29, 0.717) is 12.0 Å². The molecule has 0 spiro atoms. The van der Waals surface area contributed by atoms with Crippen molar-refractivity contribution in [2.75, 3.05) is 25.1 Å². The number of benzene rings is 2. The summed E-state index contributed by atoms with van der Waals surface area (Å²) in [4.78, 5) is 40.8. The van der Waals surface area contributed by atoms with Gasteiger partial charge in [-0.2, -0.15) is 0 Å². The predicted octanol–water partition coefficient (Wildman–Crippen LogP) is 1.25. The van der Waals surface area contributed by atoms with E-state index in [2.05, 4.69) is 5.32 Å². The van der Waals surface area contributed by atoms with Crippen molar-refractivity contribution < 1.29 is 22.8 Å². The number of nitrogens with zero attached hydrogens (tertiary/aromatic N) is 2. The van der Waals surface area contributed by atoms with Gasteiger partial charge in [0.1, 0.15) is 12.1 Å². The van der Waals surface area contributed by atoms with E-state index in [-0.39, 0.29) is 11.5 Å². The first kappa shape index (κ1) is 20.3. The zero-order valence-corrected chi connectivity index (χ0v) is 17.6. The van der Waals surface area contributed by atoms with Crippen molar-refractivity contribution in [3.05, 3.63) is 48.0 Å². The van der Waals surface area contributed by atoms with Gasteiger partial charge in [-0.05, 0) is 29.7 Å². The molecule has 2 heterocycles. The van der Waals surface area contributed by atoms with Gasteiger partial charge in [0.05, 0.1) is 11.5 Å². The lowest BCUT2D eigenvalue weighted by Gasteiger charge is -2.26. The molecular weight excluding hydrogens is 406 g/mol. The first-order chi connectivity index (χ1) is 14.1. The monoisotopic (exact) mass is 429 g/mol. The Bertz CT molecular complexity index is 1160. The zero-order valence-electron chi connectivity index (χ0n) is 16.8. The third-order valence-electron chi connectivity index (χ3n) is 6.05. The summed E-state index contributed by atoms with van der Waals surface area (Å²) < 4.78 is 23.4. The Kier molecular flexibility index (Phi) is 4.80. The molecule has 158 valence electrons. The van der Waals surface area contributed by atoms with Gasteiger partial charge in [-0.15, -0.1) is 0 Å². The van der Waals surface area contributed by atoms with Crippen molar-refractivity contribution in [1.29, 1.82) is 0 Å². The average Bonchev–Trinajstić information content (AvgIpc) is 3.18. The van der Waals surface area contributed by atoms with Gasteiger partial charge in [0.15, 0.2) is 9.84 Å². The molecule has 2 saturated heterocycles. The lowest BCUT2D eigenvalue weighted by molar-refractivity contribution is -0.139. The van der Waals surface area contributed by atoms with E-state index in [9.17, 15) is 22.8 Å². The van der Waals surface area contributed by atoms with Gasteiger partial charge in [0.2, 0.25) is 5.91 Å². The van der Waals surface area contributed by atoms with E-state index >= 15 is 0 Å². The summed E-state index contributed by atoms with van der Waals surface area (Å²) in [5.74, 6) is -1.03. The number of urea groups is 1. The summed E-state index contributed by atoms with van der Waals surface area (Å²) in [6.07, 6.45) is 0.360. The maximum atomic E-state index is 13.2. The number of hydrogen-bond donors (Lipinski definition) is 1. The predicted molar refractivity (Wildman–Crippen MR) is 111 cm³/mol. The molecule has 2 atom stereocenters. The summed E-state index contributed by atoms with van der Waals surface area (Å²) in [7, 11) is -1.64. The minimum absolute atomic E-state index is 0.0393. The number of carbonyl (C=O) groups excluding carboxylic acids is 3. The highest BCUT2D eigenvalue weighted by Crippen LogP contribution is 2.33. The van der Waals surface area contributed by atoms with Crippen LogP contribution in [0.5, 0.6) is 0 Å². The van der Waals surface area contributed by atoms with Crippen LogP contribution in [0.25, 0.3) is 10.8 Å². The van der Waals surface area contributed by atoms with Crippen molar-refractivity contribution in [2.45, 2.75) is 24.9 Å². The van der Waals surface area contributed by atoms with E-state index < -0.39 is 45.8 Å². The molecule has 9 heteroatoms. The van der Waals surface area contributed by atoms with Crippen molar-refractivity contribution in [2.24, 2.45) is 0 Å². The Balaban J connectivity index is 1.57. The topological polar surface area (TPSA) is 104 Å². The van der Waals surface area contributed by atoms with Crippen molar-refractivity contribution in [3.8, 4) is 0 Å². The van der Waals surface area contributed by atoms with Gasteiger partial charge >= 0.3 is 6.03 Å².